The summed E-state index contributed by atoms with van der Waals surface area (Å²) in [6.45, 7) is 0.858. The van der Waals surface area contributed by atoms with E-state index >= 15 is 0 Å². The lowest BCUT2D eigenvalue weighted by atomic mass is 9.99. The molecule has 0 atom stereocenters. The van der Waals surface area contributed by atoms with Crippen LogP contribution >= 0.6 is 0 Å². The Bertz CT molecular complexity index is 934. The summed E-state index contributed by atoms with van der Waals surface area (Å²) in [4.78, 5) is 14.6. The number of nitrogens with two attached hydrogens (primary N) is 1. The van der Waals surface area contributed by atoms with Gasteiger partial charge in [0.2, 0.25) is 10.0 Å². The first kappa shape index (κ1) is 18.2. The lowest BCUT2D eigenvalue weighted by Crippen LogP contribution is -2.36. The van der Waals surface area contributed by atoms with Gasteiger partial charge in [0.15, 0.2) is 0 Å². The Morgan fingerprint density at radius 1 is 1.04 bits per heavy atom. The molecule has 0 saturated heterocycles. The molecule has 138 valence electrons. The van der Waals surface area contributed by atoms with Crippen LogP contribution in [0.5, 0.6) is 11.5 Å². The number of ether oxygens (including phenoxy) is 2. The molecule has 0 fully saturated rings. The van der Waals surface area contributed by atoms with Crippen LogP contribution in [0.15, 0.2) is 41.3 Å². The Labute approximate surface area is 152 Å². The number of hydrogen-bond acceptors (Lipinski definition) is 5. The highest BCUT2D eigenvalue weighted by Gasteiger charge is 2.24. The minimum Gasteiger partial charge on any atom is -0.497 e. The van der Waals surface area contributed by atoms with Gasteiger partial charge < -0.3 is 14.4 Å². The van der Waals surface area contributed by atoms with E-state index in [9.17, 15) is 13.2 Å². The molecule has 3 rings (SSSR count). The highest BCUT2D eigenvalue weighted by molar-refractivity contribution is 7.89. The third-order valence-corrected chi connectivity index (χ3v) is 5.32. The lowest BCUT2D eigenvalue weighted by Gasteiger charge is -2.29. The van der Waals surface area contributed by atoms with Gasteiger partial charge >= 0.3 is 0 Å². The molecule has 0 bridgehead atoms. The van der Waals surface area contributed by atoms with E-state index in [4.69, 9.17) is 14.6 Å². The van der Waals surface area contributed by atoms with Crippen molar-refractivity contribution in [3.63, 3.8) is 0 Å². The first-order chi connectivity index (χ1) is 12.3. The number of hydrogen-bond donors (Lipinski definition) is 1. The van der Waals surface area contributed by atoms with Crippen molar-refractivity contribution in [2.75, 3.05) is 20.8 Å². The van der Waals surface area contributed by atoms with Crippen molar-refractivity contribution in [1.29, 1.82) is 0 Å². The van der Waals surface area contributed by atoms with E-state index in [1.54, 1.807) is 29.2 Å². The van der Waals surface area contributed by atoms with E-state index in [0.717, 1.165) is 11.1 Å². The monoisotopic (exact) mass is 376 g/mol. The third kappa shape index (κ3) is 3.66. The van der Waals surface area contributed by atoms with E-state index < -0.39 is 10.0 Å². The van der Waals surface area contributed by atoms with Gasteiger partial charge in [-0.1, -0.05) is 6.07 Å². The lowest BCUT2D eigenvalue weighted by molar-refractivity contribution is 0.0734. The minimum absolute atomic E-state index is 0.0496. The van der Waals surface area contributed by atoms with Crippen molar-refractivity contribution in [1.82, 2.24) is 4.90 Å². The Kier molecular flexibility index (Phi) is 4.88. The Morgan fingerprint density at radius 2 is 1.69 bits per heavy atom. The number of carbonyl (C=O) groups is 1. The number of carbonyl (C=O) groups excluding carboxylic acids is 1. The third-order valence-electron chi connectivity index (χ3n) is 4.40. The predicted molar refractivity (Wildman–Crippen MR) is 95.8 cm³/mol. The molecule has 0 aliphatic carbocycles. The quantitative estimate of drug-likeness (QED) is 0.873. The molecule has 0 unspecified atom stereocenters. The van der Waals surface area contributed by atoms with Gasteiger partial charge in [0.25, 0.3) is 5.91 Å². The van der Waals surface area contributed by atoms with Crippen LogP contribution in [0, 0.1) is 0 Å². The Balaban J connectivity index is 1.89. The van der Waals surface area contributed by atoms with Crippen molar-refractivity contribution in [3.05, 3.63) is 53.1 Å². The van der Waals surface area contributed by atoms with Crippen LogP contribution < -0.4 is 14.6 Å². The van der Waals surface area contributed by atoms with Crippen molar-refractivity contribution in [3.8, 4) is 11.5 Å². The van der Waals surface area contributed by atoms with Gasteiger partial charge in [-0.3, -0.25) is 4.79 Å². The Morgan fingerprint density at radius 3 is 2.27 bits per heavy atom. The summed E-state index contributed by atoms with van der Waals surface area (Å²) in [5.74, 6) is 0.886. The smallest absolute Gasteiger partial charge is 0.254 e. The fourth-order valence-electron chi connectivity index (χ4n) is 3.00. The van der Waals surface area contributed by atoms with Gasteiger partial charge in [0.05, 0.1) is 19.1 Å². The first-order valence-corrected chi connectivity index (χ1v) is 9.53. The van der Waals surface area contributed by atoms with Crippen LogP contribution in [0.25, 0.3) is 0 Å². The maximum absolute atomic E-state index is 12.9. The van der Waals surface area contributed by atoms with E-state index in [-0.39, 0.29) is 10.8 Å². The molecule has 0 aromatic heterocycles. The number of nitrogens with zero attached hydrogens (tertiary/aromatic N) is 1. The minimum atomic E-state index is -3.78. The summed E-state index contributed by atoms with van der Waals surface area (Å²) in [6, 6.07) is 9.79. The molecular weight excluding hydrogens is 356 g/mol. The van der Waals surface area contributed by atoms with Crippen molar-refractivity contribution >= 4 is 15.9 Å². The van der Waals surface area contributed by atoms with Gasteiger partial charge in [-0.25, -0.2) is 13.6 Å². The number of rotatable bonds is 4. The molecule has 8 heteroatoms. The number of methoxy groups -OCH3 is 2. The molecule has 26 heavy (non-hydrogen) atoms. The molecule has 1 aliphatic rings. The Hall–Kier alpha value is -2.58. The van der Waals surface area contributed by atoms with E-state index in [1.165, 1.54) is 26.4 Å². The normalized spacial score (nSPS) is 13.9. The second kappa shape index (κ2) is 6.97. The molecule has 1 aliphatic heterocycles. The van der Waals surface area contributed by atoms with Gasteiger partial charge in [0, 0.05) is 24.7 Å². The number of primary sulfonamides is 1. The topological polar surface area (TPSA) is 98.9 Å². The molecule has 2 N–H and O–H groups in total. The van der Waals surface area contributed by atoms with Gasteiger partial charge in [0.1, 0.15) is 11.5 Å². The molecule has 2 aromatic carbocycles. The van der Waals surface area contributed by atoms with Crippen LogP contribution in [0.3, 0.4) is 0 Å². The highest BCUT2D eigenvalue weighted by Crippen LogP contribution is 2.27. The van der Waals surface area contributed by atoms with E-state index in [0.29, 0.717) is 36.6 Å². The summed E-state index contributed by atoms with van der Waals surface area (Å²) in [7, 11) is -0.735. The highest BCUT2D eigenvalue weighted by atomic mass is 32.2. The second-order valence-corrected chi connectivity index (χ2v) is 7.61. The zero-order chi connectivity index (χ0) is 18.9. The summed E-state index contributed by atoms with van der Waals surface area (Å²) in [5.41, 5.74) is 2.25. The molecular formula is C18H20N2O5S. The number of fused-ring (bicyclic) bond motifs is 1. The van der Waals surface area contributed by atoms with Crippen molar-refractivity contribution in [2.24, 2.45) is 5.14 Å². The molecule has 2 aromatic rings. The summed E-state index contributed by atoms with van der Waals surface area (Å²) in [5, 5.41) is 5.20. The van der Waals surface area contributed by atoms with Gasteiger partial charge in [-0.15, -0.1) is 0 Å². The molecule has 0 radical (unpaired) electrons. The fourth-order valence-corrected chi connectivity index (χ4v) is 3.56. The van der Waals surface area contributed by atoms with E-state index in [2.05, 4.69) is 0 Å². The molecule has 1 heterocycles. The average Bonchev–Trinajstić information content (AvgIpc) is 2.65. The zero-order valence-electron chi connectivity index (χ0n) is 14.6. The van der Waals surface area contributed by atoms with Crippen LogP contribution in [0.4, 0.5) is 0 Å². The van der Waals surface area contributed by atoms with Crippen LogP contribution in [-0.2, 0) is 23.0 Å². The maximum atomic E-state index is 12.9. The fraction of sp³-hybridized carbons (Fsp3) is 0.278. The predicted octanol–water partition coefficient (Wildman–Crippen LogP) is 1.55. The number of benzene rings is 2. The zero-order valence-corrected chi connectivity index (χ0v) is 15.4. The summed E-state index contributed by atoms with van der Waals surface area (Å²) in [6.07, 6.45) is 0.646. The molecule has 0 spiro atoms. The molecule has 7 nitrogen and oxygen atoms in total. The SMILES string of the molecule is COc1cc(OC)cc(C(=O)N2CCc3ccc(S(N)(=O)=O)cc3C2)c1. The summed E-state index contributed by atoms with van der Waals surface area (Å²) >= 11 is 0. The molecule has 1 amide bonds. The standard InChI is InChI=1S/C18H20N2O5S/c1-24-15-7-13(8-16(10-15)25-2)18(21)20-6-5-12-3-4-17(26(19,22)23)9-14(12)11-20/h3-4,7-10H,5-6,11H2,1-2H3,(H2,19,22,23). The van der Waals surface area contributed by atoms with E-state index in [1.807, 2.05) is 0 Å². The number of amides is 1. The second-order valence-electron chi connectivity index (χ2n) is 6.05. The van der Waals surface area contributed by atoms with Crippen molar-refractivity contribution < 1.29 is 22.7 Å². The maximum Gasteiger partial charge on any atom is 0.254 e. The summed E-state index contributed by atoms with van der Waals surface area (Å²) < 4.78 is 33.6. The number of sulfonamides is 1. The average molecular weight is 376 g/mol. The van der Waals surface area contributed by atoms with Crippen LogP contribution in [-0.4, -0.2) is 40.0 Å². The molecule has 0 saturated carbocycles. The van der Waals surface area contributed by atoms with Gasteiger partial charge in [-0.05, 0) is 41.8 Å². The van der Waals surface area contributed by atoms with Crippen LogP contribution in [0.2, 0.25) is 0 Å². The van der Waals surface area contributed by atoms with Gasteiger partial charge in [-0.2, -0.15) is 0 Å². The first-order valence-electron chi connectivity index (χ1n) is 7.99. The van der Waals surface area contributed by atoms with Crippen LogP contribution in [0.1, 0.15) is 21.5 Å². The largest absolute Gasteiger partial charge is 0.497 e. The van der Waals surface area contributed by atoms with Crippen molar-refractivity contribution in [2.45, 2.75) is 17.9 Å².